The molecule has 0 radical (unpaired) electrons. The van der Waals surface area contributed by atoms with Gasteiger partial charge >= 0.3 is 5.97 Å². The Bertz CT molecular complexity index is 1360. The van der Waals surface area contributed by atoms with Crippen LogP contribution in [0.25, 0.3) is 6.08 Å². The van der Waals surface area contributed by atoms with Crippen molar-refractivity contribution in [3.63, 3.8) is 0 Å². The van der Waals surface area contributed by atoms with Gasteiger partial charge in [-0.25, -0.2) is 0 Å². The molecule has 5 atom stereocenters. The van der Waals surface area contributed by atoms with Crippen molar-refractivity contribution in [1.82, 2.24) is 9.80 Å². The summed E-state index contributed by atoms with van der Waals surface area (Å²) in [6.07, 6.45) is 12.0. The highest BCUT2D eigenvalue weighted by atomic mass is 16.5. The average molecular weight is 561 g/mol. The van der Waals surface area contributed by atoms with Crippen LogP contribution < -0.4 is 14.2 Å². The van der Waals surface area contributed by atoms with Crippen molar-refractivity contribution in [1.29, 1.82) is 0 Å². The third kappa shape index (κ3) is 4.47. The molecule has 2 aliphatic carbocycles. The Hall–Kier alpha value is -3.52. The highest BCUT2D eigenvalue weighted by Gasteiger charge is 2.67. The van der Waals surface area contributed by atoms with E-state index in [-0.39, 0.29) is 41.4 Å². The number of amides is 1. The first-order valence-electron chi connectivity index (χ1n) is 14.7. The van der Waals surface area contributed by atoms with Crippen molar-refractivity contribution in [2.75, 3.05) is 26.7 Å². The van der Waals surface area contributed by atoms with Crippen LogP contribution in [0, 0.1) is 11.8 Å². The van der Waals surface area contributed by atoms with Crippen molar-refractivity contribution in [3.8, 4) is 17.2 Å². The standard InChI is InChI=1S/C33H40N2O6/c1-6-13-34-14-12-33-24-8-9-25(35(18-20(2)3)29(37)10-7-22-11-15-39-19-22)32(33)41-31-28(38-5)17-27(40-21(4)36)23(30(31)33)16-26(24)34/h6-7,10-11,15,17,19-20,24-26,32H,1,8-9,12-14,16,18H2,2-5H3/t24-,25+,26+,32+,33-/m0/s1. The van der Waals surface area contributed by atoms with E-state index in [4.69, 9.17) is 18.6 Å². The molecule has 2 aromatic rings. The minimum absolute atomic E-state index is 0.0245. The monoisotopic (exact) mass is 560 g/mol. The van der Waals surface area contributed by atoms with Gasteiger partial charge in [0, 0.05) is 60.3 Å². The molecular formula is C33H40N2O6. The van der Waals surface area contributed by atoms with Gasteiger partial charge in [0.1, 0.15) is 11.9 Å². The molecule has 6 rings (SSSR count). The van der Waals surface area contributed by atoms with Gasteiger partial charge in [-0.2, -0.15) is 0 Å². The van der Waals surface area contributed by atoms with Crippen LogP contribution in [0.5, 0.6) is 17.2 Å². The number of hydrogen-bond donors (Lipinski definition) is 0. The van der Waals surface area contributed by atoms with Gasteiger partial charge in [-0.1, -0.05) is 19.9 Å². The molecule has 2 bridgehead atoms. The first-order valence-corrected chi connectivity index (χ1v) is 14.7. The van der Waals surface area contributed by atoms with E-state index in [0.717, 1.165) is 61.2 Å². The predicted molar refractivity (Wildman–Crippen MR) is 155 cm³/mol. The van der Waals surface area contributed by atoms with Gasteiger partial charge in [-0.05, 0) is 56.2 Å². The van der Waals surface area contributed by atoms with Crippen LogP contribution in [-0.4, -0.2) is 66.6 Å². The SMILES string of the molecule is C=CCN1CC[C@]23c4c5c(OC(C)=O)cc(OC)c4O[C@@H]2[C@H](N(CC(C)C)C(=O)C=Cc2ccoc2)CC[C@H]3[C@H]1C5. The number of rotatable bonds is 9. The Morgan fingerprint density at radius 2 is 2.12 bits per heavy atom. The second-order valence-corrected chi connectivity index (χ2v) is 12.3. The molecule has 4 aliphatic rings. The third-order valence-corrected chi connectivity index (χ3v) is 9.52. The molecule has 8 heteroatoms. The molecule has 2 aliphatic heterocycles. The van der Waals surface area contributed by atoms with Crippen molar-refractivity contribution >= 4 is 18.0 Å². The highest BCUT2D eigenvalue weighted by Crippen LogP contribution is 2.65. The molecule has 1 saturated heterocycles. The number of methoxy groups -OCH3 is 1. The van der Waals surface area contributed by atoms with Crippen LogP contribution >= 0.6 is 0 Å². The maximum Gasteiger partial charge on any atom is 0.308 e. The van der Waals surface area contributed by atoms with Gasteiger partial charge in [-0.3, -0.25) is 14.5 Å². The summed E-state index contributed by atoms with van der Waals surface area (Å²) in [6.45, 7) is 12.1. The Morgan fingerprint density at radius 3 is 2.80 bits per heavy atom. The summed E-state index contributed by atoms with van der Waals surface area (Å²) >= 11 is 0. The number of hydrogen-bond acceptors (Lipinski definition) is 7. The maximum atomic E-state index is 13.9. The summed E-state index contributed by atoms with van der Waals surface area (Å²) in [5, 5.41) is 0. The summed E-state index contributed by atoms with van der Waals surface area (Å²) in [7, 11) is 1.63. The Balaban J connectivity index is 1.47. The molecule has 1 amide bonds. The molecule has 2 fully saturated rings. The van der Waals surface area contributed by atoms with Crippen LogP contribution in [-0.2, 0) is 21.4 Å². The van der Waals surface area contributed by atoms with E-state index in [1.807, 2.05) is 23.1 Å². The Morgan fingerprint density at radius 1 is 1.29 bits per heavy atom. The molecule has 1 spiro atoms. The van der Waals surface area contributed by atoms with Gasteiger partial charge in [0.05, 0.1) is 25.7 Å². The number of carbonyl (C=O) groups excluding carboxylic acids is 2. The third-order valence-electron chi connectivity index (χ3n) is 9.52. The van der Waals surface area contributed by atoms with Crippen molar-refractivity contribution in [2.24, 2.45) is 11.8 Å². The topological polar surface area (TPSA) is 81.5 Å². The lowest BCUT2D eigenvalue weighted by Crippen LogP contribution is -2.69. The molecule has 0 N–H and O–H groups in total. The minimum atomic E-state index is -0.355. The fourth-order valence-electron chi connectivity index (χ4n) is 8.16. The molecule has 0 unspecified atom stereocenters. The summed E-state index contributed by atoms with van der Waals surface area (Å²) in [4.78, 5) is 30.6. The summed E-state index contributed by atoms with van der Waals surface area (Å²) in [5.41, 5.74) is 2.72. The lowest BCUT2D eigenvalue weighted by Gasteiger charge is -2.60. The number of benzene rings is 1. The molecule has 41 heavy (non-hydrogen) atoms. The first-order chi connectivity index (χ1) is 19.8. The van der Waals surface area contributed by atoms with Crippen molar-refractivity contribution < 1.29 is 28.2 Å². The normalized spacial score (nSPS) is 27.8. The van der Waals surface area contributed by atoms with E-state index in [9.17, 15) is 9.59 Å². The number of nitrogens with zero attached hydrogens (tertiary/aromatic N) is 2. The molecule has 1 saturated carbocycles. The largest absolute Gasteiger partial charge is 0.493 e. The van der Waals surface area contributed by atoms with E-state index in [1.165, 1.54) is 6.92 Å². The Kier molecular flexibility index (Phi) is 7.22. The summed E-state index contributed by atoms with van der Waals surface area (Å²) < 4.78 is 23.8. The predicted octanol–water partition coefficient (Wildman–Crippen LogP) is 5.01. The average Bonchev–Trinajstić information content (AvgIpc) is 3.58. The molecule has 218 valence electrons. The number of likely N-dealkylation sites (tertiary alicyclic amines) is 1. The van der Waals surface area contributed by atoms with Crippen LogP contribution in [0.3, 0.4) is 0 Å². The maximum absolute atomic E-state index is 13.9. The summed E-state index contributed by atoms with van der Waals surface area (Å²) in [6, 6.07) is 3.80. The van der Waals surface area contributed by atoms with Crippen LogP contribution in [0.4, 0.5) is 0 Å². The van der Waals surface area contributed by atoms with E-state index >= 15 is 0 Å². The minimum Gasteiger partial charge on any atom is -0.493 e. The van der Waals surface area contributed by atoms with Crippen molar-refractivity contribution in [2.45, 2.75) is 70.1 Å². The van der Waals surface area contributed by atoms with E-state index in [1.54, 1.807) is 31.8 Å². The summed E-state index contributed by atoms with van der Waals surface area (Å²) in [5.74, 6) is 2.14. The fourth-order valence-corrected chi connectivity index (χ4v) is 8.16. The van der Waals surface area contributed by atoms with Gasteiger partial charge in [0.15, 0.2) is 11.5 Å². The van der Waals surface area contributed by atoms with E-state index in [0.29, 0.717) is 24.0 Å². The number of esters is 1. The first kappa shape index (κ1) is 27.6. The number of ether oxygens (including phenoxy) is 3. The smallest absolute Gasteiger partial charge is 0.308 e. The molecule has 1 aromatic carbocycles. The zero-order chi connectivity index (χ0) is 28.9. The molecule has 8 nitrogen and oxygen atoms in total. The fraction of sp³-hybridized carbons (Fsp3) is 0.515. The lowest BCUT2D eigenvalue weighted by molar-refractivity contribution is -0.138. The second kappa shape index (κ2) is 10.7. The van der Waals surface area contributed by atoms with Gasteiger partial charge in [-0.15, -0.1) is 6.58 Å². The quantitative estimate of drug-likeness (QED) is 0.185. The van der Waals surface area contributed by atoms with Crippen LogP contribution in [0.1, 0.15) is 56.7 Å². The zero-order valence-corrected chi connectivity index (χ0v) is 24.4. The van der Waals surface area contributed by atoms with Gasteiger partial charge < -0.3 is 23.5 Å². The number of carbonyl (C=O) groups is 2. The Labute approximate surface area is 241 Å². The zero-order valence-electron chi connectivity index (χ0n) is 24.4. The van der Waals surface area contributed by atoms with Crippen molar-refractivity contribution in [3.05, 3.63) is 60.1 Å². The highest BCUT2D eigenvalue weighted by molar-refractivity contribution is 5.92. The van der Waals surface area contributed by atoms with Gasteiger partial charge in [0.25, 0.3) is 0 Å². The molecule has 3 heterocycles. The van der Waals surface area contributed by atoms with Crippen LogP contribution in [0.15, 0.2) is 47.8 Å². The van der Waals surface area contributed by atoms with Gasteiger partial charge in [0.2, 0.25) is 5.91 Å². The second-order valence-electron chi connectivity index (χ2n) is 12.3. The number of piperidine rings is 1. The number of furan rings is 1. The van der Waals surface area contributed by atoms with E-state index in [2.05, 4.69) is 25.3 Å². The lowest BCUT2D eigenvalue weighted by atomic mass is 9.50. The molecule has 1 aromatic heterocycles. The van der Waals surface area contributed by atoms with Crippen LogP contribution in [0.2, 0.25) is 0 Å². The van der Waals surface area contributed by atoms with E-state index < -0.39 is 0 Å². The molecular weight excluding hydrogens is 520 g/mol.